The van der Waals surface area contributed by atoms with E-state index in [1.54, 1.807) is 24.5 Å². The number of rotatable bonds is 3. The highest BCUT2D eigenvalue weighted by Crippen LogP contribution is 2.29. The first-order valence-electron chi connectivity index (χ1n) is 9.19. The van der Waals surface area contributed by atoms with Crippen LogP contribution in [0, 0.1) is 0 Å². The van der Waals surface area contributed by atoms with Crippen LogP contribution in [0.4, 0.5) is 13.2 Å². The summed E-state index contributed by atoms with van der Waals surface area (Å²) >= 11 is 0. The van der Waals surface area contributed by atoms with Gasteiger partial charge in [0, 0.05) is 43.0 Å². The van der Waals surface area contributed by atoms with E-state index in [0.29, 0.717) is 24.5 Å². The average Bonchev–Trinajstić information content (AvgIpc) is 3.37. The van der Waals surface area contributed by atoms with Crippen LogP contribution in [0.1, 0.15) is 24.6 Å². The zero-order chi connectivity index (χ0) is 20.6. The quantitative estimate of drug-likeness (QED) is 0.699. The number of nitrogens with zero attached hydrogens (tertiary/aromatic N) is 3. The monoisotopic (exact) mass is 408 g/mol. The number of amides is 1. The second-order valence-electron chi connectivity index (χ2n) is 7.19. The normalized spacial score (nSPS) is 24.8. The predicted octanol–water partition coefficient (Wildman–Crippen LogP) is 0.945. The minimum Gasteiger partial charge on any atom is -0.341 e. The molecule has 11 heteroatoms. The standard InChI is InChI=1S/C18H19F3N6O2/c19-18(20,21)14-7-13(25-26-14)17(29)27-6-3-11(9-27)16-23-12(8-15(28)24-16)10-1-4-22-5-2-10/h1-2,4-5,8,11,13-14,25-26H,3,6-7,9H2,(H,23,24,28). The van der Waals surface area contributed by atoms with Crippen LogP contribution in [0.2, 0.25) is 0 Å². The van der Waals surface area contributed by atoms with Crippen molar-refractivity contribution < 1.29 is 18.0 Å². The van der Waals surface area contributed by atoms with Crippen molar-refractivity contribution in [1.29, 1.82) is 0 Å². The number of nitrogens with one attached hydrogen (secondary N) is 3. The smallest absolute Gasteiger partial charge is 0.341 e. The Hall–Kier alpha value is -2.79. The Bertz CT molecular complexity index is 949. The lowest BCUT2D eigenvalue weighted by Gasteiger charge is -2.20. The molecular formula is C18H19F3N6O2. The second-order valence-corrected chi connectivity index (χ2v) is 7.19. The molecule has 2 saturated heterocycles. The van der Waals surface area contributed by atoms with Crippen LogP contribution >= 0.6 is 0 Å². The van der Waals surface area contributed by atoms with Crippen molar-refractivity contribution in [3.8, 4) is 11.3 Å². The van der Waals surface area contributed by atoms with Crippen LogP contribution < -0.4 is 16.4 Å². The van der Waals surface area contributed by atoms with Gasteiger partial charge in [-0.3, -0.25) is 14.6 Å². The summed E-state index contributed by atoms with van der Waals surface area (Å²) in [5, 5.41) is 0. The number of likely N-dealkylation sites (tertiary alicyclic amines) is 1. The number of hydrogen-bond acceptors (Lipinski definition) is 6. The van der Waals surface area contributed by atoms with E-state index in [-0.39, 0.29) is 30.3 Å². The maximum Gasteiger partial charge on any atom is 0.405 e. The molecule has 29 heavy (non-hydrogen) atoms. The average molecular weight is 408 g/mol. The molecule has 2 fully saturated rings. The summed E-state index contributed by atoms with van der Waals surface area (Å²) < 4.78 is 38.4. The summed E-state index contributed by atoms with van der Waals surface area (Å²) in [5.74, 6) is -0.120. The van der Waals surface area contributed by atoms with Gasteiger partial charge >= 0.3 is 6.18 Å². The van der Waals surface area contributed by atoms with E-state index in [0.717, 1.165) is 5.56 Å². The first kappa shape index (κ1) is 19.5. The van der Waals surface area contributed by atoms with E-state index in [1.807, 2.05) is 0 Å². The van der Waals surface area contributed by atoms with Crippen LogP contribution in [0.3, 0.4) is 0 Å². The van der Waals surface area contributed by atoms with Crippen molar-refractivity contribution in [1.82, 2.24) is 30.7 Å². The predicted molar refractivity (Wildman–Crippen MR) is 96.5 cm³/mol. The molecule has 4 rings (SSSR count). The fraction of sp³-hybridized carbons (Fsp3) is 0.444. The van der Waals surface area contributed by atoms with E-state index in [9.17, 15) is 22.8 Å². The van der Waals surface area contributed by atoms with E-state index in [4.69, 9.17) is 0 Å². The fourth-order valence-corrected chi connectivity index (χ4v) is 3.68. The van der Waals surface area contributed by atoms with Crippen molar-refractivity contribution in [2.75, 3.05) is 13.1 Å². The second kappa shape index (κ2) is 7.56. The number of hydrazine groups is 1. The Balaban J connectivity index is 1.46. The van der Waals surface area contributed by atoms with Gasteiger partial charge in [0.15, 0.2) is 0 Å². The van der Waals surface area contributed by atoms with Crippen molar-refractivity contribution >= 4 is 5.91 Å². The van der Waals surface area contributed by atoms with Crippen LogP contribution in [0.15, 0.2) is 35.4 Å². The Labute approximate surface area is 163 Å². The first-order valence-corrected chi connectivity index (χ1v) is 9.19. The highest BCUT2D eigenvalue weighted by molar-refractivity contribution is 5.82. The largest absolute Gasteiger partial charge is 0.405 e. The van der Waals surface area contributed by atoms with Gasteiger partial charge in [0.2, 0.25) is 5.91 Å². The van der Waals surface area contributed by atoms with E-state index >= 15 is 0 Å². The number of aromatic amines is 1. The minimum atomic E-state index is -4.41. The van der Waals surface area contributed by atoms with Crippen molar-refractivity contribution in [2.24, 2.45) is 0 Å². The van der Waals surface area contributed by atoms with Crippen LogP contribution in [0.25, 0.3) is 11.3 Å². The van der Waals surface area contributed by atoms with E-state index in [2.05, 4.69) is 25.8 Å². The maximum absolute atomic E-state index is 12.8. The Morgan fingerprint density at radius 3 is 2.66 bits per heavy atom. The first-order chi connectivity index (χ1) is 13.8. The number of halogens is 3. The molecule has 0 aromatic carbocycles. The molecule has 2 aliphatic rings. The summed E-state index contributed by atoms with van der Waals surface area (Å²) in [5.41, 5.74) is 5.53. The van der Waals surface area contributed by atoms with Gasteiger partial charge in [0.1, 0.15) is 17.9 Å². The molecule has 3 atom stereocenters. The SMILES string of the molecule is O=C(C1CC(C(F)(F)F)NN1)N1CCC(c2nc(-c3ccncc3)cc(=O)[nH]2)C1. The zero-order valence-corrected chi connectivity index (χ0v) is 15.2. The highest BCUT2D eigenvalue weighted by Gasteiger charge is 2.47. The Morgan fingerprint density at radius 2 is 1.97 bits per heavy atom. The lowest BCUT2D eigenvalue weighted by Crippen LogP contribution is -2.45. The van der Waals surface area contributed by atoms with Gasteiger partial charge in [-0.2, -0.15) is 13.2 Å². The third-order valence-electron chi connectivity index (χ3n) is 5.22. The van der Waals surface area contributed by atoms with Gasteiger partial charge in [0.05, 0.1) is 5.69 Å². The van der Waals surface area contributed by atoms with Gasteiger partial charge in [0.25, 0.3) is 5.56 Å². The number of hydrogen-bond donors (Lipinski definition) is 3. The molecule has 0 spiro atoms. The Kier molecular flexibility index (Phi) is 5.09. The van der Waals surface area contributed by atoms with E-state index in [1.165, 1.54) is 11.0 Å². The van der Waals surface area contributed by atoms with Crippen molar-refractivity contribution in [2.45, 2.75) is 37.0 Å². The van der Waals surface area contributed by atoms with Gasteiger partial charge in [-0.25, -0.2) is 15.8 Å². The molecule has 8 nitrogen and oxygen atoms in total. The van der Waals surface area contributed by atoms with Crippen molar-refractivity contribution in [3.63, 3.8) is 0 Å². The van der Waals surface area contributed by atoms with Crippen LogP contribution in [-0.4, -0.2) is 57.1 Å². The van der Waals surface area contributed by atoms with Crippen LogP contribution in [0.5, 0.6) is 0 Å². The number of aromatic nitrogens is 3. The molecule has 2 aromatic heterocycles. The molecule has 3 N–H and O–H groups in total. The molecule has 2 aromatic rings. The molecule has 0 radical (unpaired) electrons. The number of pyridine rings is 1. The maximum atomic E-state index is 12.8. The lowest BCUT2D eigenvalue weighted by atomic mass is 10.1. The molecule has 0 aliphatic carbocycles. The topological polar surface area (TPSA) is 103 Å². The summed E-state index contributed by atoms with van der Waals surface area (Å²) in [6.07, 6.45) is -0.991. The third kappa shape index (κ3) is 4.15. The van der Waals surface area contributed by atoms with Gasteiger partial charge in [-0.1, -0.05) is 0 Å². The number of H-pyrrole nitrogens is 1. The number of carbonyl (C=O) groups is 1. The summed E-state index contributed by atoms with van der Waals surface area (Å²) in [6, 6.07) is 2.19. The van der Waals surface area contributed by atoms with Gasteiger partial charge in [-0.15, -0.1) is 0 Å². The molecule has 3 unspecified atom stereocenters. The molecule has 2 aliphatic heterocycles. The number of carbonyl (C=O) groups excluding carboxylic acids is 1. The van der Waals surface area contributed by atoms with Crippen molar-refractivity contribution in [3.05, 3.63) is 46.8 Å². The zero-order valence-electron chi connectivity index (χ0n) is 15.2. The third-order valence-corrected chi connectivity index (χ3v) is 5.22. The molecule has 0 saturated carbocycles. The summed E-state index contributed by atoms with van der Waals surface area (Å²) in [4.78, 5) is 37.4. The van der Waals surface area contributed by atoms with Crippen LogP contribution in [-0.2, 0) is 4.79 Å². The Morgan fingerprint density at radius 1 is 1.21 bits per heavy atom. The highest BCUT2D eigenvalue weighted by atomic mass is 19.4. The lowest BCUT2D eigenvalue weighted by molar-refractivity contribution is -0.153. The number of alkyl halides is 3. The van der Waals surface area contributed by atoms with Gasteiger partial charge in [-0.05, 0) is 25.0 Å². The molecule has 1 amide bonds. The van der Waals surface area contributed by atoms with E-state index < -0.39 is 18.3 Å². The minimum absolute atomic E-state index is 0.193. The van der Waals surface area contributed by atoms with Gasteiger partial charge < -0.3 is 9.88 Å². The molecule has 0 bridgehead atoms. The summed E-state index contributed by atoms with van der Waals surface area (Å²) in [7, 11) is 0. The molecule has 4 heterocycles. The summed E-state index contributed by atoms with van der Waals surface area (Å²) in [6.45, 7) is 0.679. The molecule has 154 valence electrons. The molecular weight excluding hydrogens is 389 g/mol. The fourth-order valence-electron chi connectivity index (χ4n) is 3.68.